The molecule has 0 aromatic carbocycles. The summed E-state index contributed by atoms with van der Waals surface area (Å²) in [5.74, 6) is -1.09. The van der Waals surface area contributed by atoms with Crippen molar-refractivity contribution in [2.45, 2.75) is 162 Å². The topological polar surface area (TPSA) is 26.3 Å². The smallest absolute Gasteiger partial charge is 0.308 e. The van der Waals surface area contributed by atoms with Crippen molar-refractivity contribution in [1.82, 2.24) is 0 Å². The van der Waals surface area contributed by atoms with E-state index in [0.717, 1.165) is 38.5 Å². The minimum atomic E-state index is -2.97. The summed E-state index contributed by atoms with van der Waals surface area (Å²) in [5.41, 5.74) is 0. The lowest BCUT2D eigenvalue weighted by Gasteiger charge is -2.15. The summed E-state index contributed by atoms with van der Waals surface area (Å²) in [6.07, 6.45) is 25.7. The molecule has 0 saturated carbocycles. The normalized spacial score (nSPS) is 14.7. The molecule has 0 N–H and O–H groups in total. The predicted octanol–water partition coefficient (Wildman–Crippen LogP) is 9.79. The zero-order chi connectivity index (χ0) is 26.4. The average molecular weight is 430 g/mol. The number of hydrogen-bond acceptors (Lipinski definition) is 2. The Labute approximate surface area is 197 Å². The number of rotatable bonds is 24. The van der Waals surface area contributed by atoms with Crippen LogP contribution in [0.4, 0.5) is 0 Å². The summed E-state index contributed by atoms with van der Waals surface area (Å²) in [4.78, 5) is 12.7. The lowest BCUT2D eigenvalue weighted by Crippen LogP contribution is -2.18. The molecule has 0 spiro atoms. The molecule has 0 aromatic heterocycles. The number of hydrogen-bond donors (Lipinski definition) is 0. The van der Waals surface area contributed by atoms with Gasteiger partial charge in [0.15, 0.2) is 0 Å². The molecular formula is C28H56O2. The third-order valence-electron chi connectivity index (χ3n) is 6.30. The maximum atomic E-state index is 12.7. The summed E-state index contributed by atoms with van der Waals surface area (Å²) in [6.45, 7) is -1.44. The fraction of sp³-hybridized carbons (Fsp3) is 0.964. The molecule has 0 aliphatic carbocycles. The van der Waals surface area contributed by atoms with Crippen molar-refractivity contribution in [1.29, 1.82) is 0 Å². The minimum absolute atomic E-state index is 0.407. The van der Waals surface area contributed by atoms with Crippen LogP contribution in [0.1, 0.15) is 169 Å². The summed E-state index contributed by atoms with van der Waals surface area (Å²) in [6, 6.07) is 0. The molecule has 0 fully saturated rings. The molecular weight excluding hydrogens is 368 g/mol. The van der Waals surface area contributed by atoms with E-state index >= 15 is 0 Å². The van der Waals surface area contributed by atoms with E-state index in [1.165, 1.54) is 89.9 Å². The molecule has 0 heterocycles. The molecule has 0 radical (unpaired) electrons. The molecule has 0 aromatic rings. The largest absolute Gasteiger partial charge is 0.466 e. The third-order valence-corrected chi connectivity index (χ3v) is 6.30. The number of ether oxygens (including phenoxy) is 1. The highest BCUT2D eigenvalue weighted by molar-refractivity contribution is 5.72. The van der Waals surface area contributed by atoms with Crippen LogP contribution < -0.4 is 0 Å². The van der Waals surface area contributed by atoms with Crippen molar-refractivity contribution in [3.8, 4) is 0 Å². The predicted molar refractivity (Wildman–Crippen MR) is 133 cm³/mol. The van der Waals surface area contributed by atoms with Gasteiger partial charge < -0.3 is 4.74 Å². The second-order valence-electron chi connectivity index (χ2n) is 9.16. The van der Waals surface area contributed by atoms with Crippen LogP contribution in [0.2, 0.25) is 0 Å². The van der Waals surface area contributed by atoms with Crippen molar-refractivity contribution in [2.24, 2.45) is 5.92 Å². The lowest BCUT2D eigenvalue weighted by molar-refractivity contribution is -0.148. The van der Waals surface area contributed by atoms with Gasteiger partial charge in [-0.05, 0) is 19.7 Å². The molecule has 2 heteroatoms. The first-order valence-electron chi connectivity index (χ1n) is 15.9. The zero-order valence-corrected chi connectivity index (χ0v) is 20.5. The number of carbonyl (C=O) groups is 1. The van der Waals surface area contributed by atoms with Crippen LogP contribution in [0, 0.1) is 5.92 Å². The summed E-state index contributed by atoms with van der Waals surface area (Å²) < 4.78 is 42.2. The summed E-state index contributed by atoms with van der Waals surface area (Å²) >= 11 is 0. The monoisotopic (exact) mass is 429 g/mol. The average Bonchev–Trinajstić information content (AvgIpc) is 2.79. The van der Waals surface area contributed by atoms with Crippen LogP contribution in [0.15, 0.2) is 0 Å². The maximum absolute atomic E-state index is 12.7. The van der Waals surface area contributed by atoms with E-state index in [1.807, 2.05) is 0 Å². The van der Waals surface area contributed by atoms with Crippen LogP contribution in [-0.2, 0) is 9.53 Å². The Morgan fingerprint density at radius 3 is 1.30 bits per heavy atom. The molecule has 0 aliphatic rings. The first kappa shape index (κ1) is 21.3. The first-order valence-corrected chi connectivity index (χ1v) is 13.4. The van der Waals surface area contributed by atoms with E-state index in [-0.39, 0.29) is 0 Å². The van der Waals surface area contributed by atoms with E-state index in [9.17, 15) is 4.79 Å². The van der Waals surface area contributed by atoms with Gasteiger partial charge in [0.1, 0.15) is 0 Å². The van der Waals surface area contributed by atoms with Crippen LogP contribution in [-0.4, -0.2) is 12.5 Å². The van der Waals surface area contributed by atoms with E-state index in [0.29, 0.717) is 12.8 Å². The zero-order valence-electron chi connectivity index (χ0n) is 25.5. The molecule has 0 bridgehead atoms. The van der Waals surface area contributed by atoms with E-state index in [4.69, 9.17) is 11.6 Å². The van der Waals surface area contributed by atoms with E-state index in [2.05, 4.69) is 13.8 Å². The molecule has 180 valence electrons. The summed E-state index contributed by atoms with van der Waals surface area (Å²) in [5, 5.41) is 0. The highest BCUT2D eigenvalue weighted by Crippen LogP contribution is 2.21. The quantitative estimate of drug-likeness (QED) is 0.113. The highest BCUT2D eigenvalue weighted by atomic mass is 16.5. The van der Waals surface area contributed by atoms with Crippen molar-refractivity contribution >= 4 is 5.97 Å². The third kappa shape index (κ3) is 20.7. The van der Waals surface area contributed by atoms with Gasteiger partial charge in [-0.15, -0.1) is 0 Å². The first-order chi connectivity index (χ1) is 16.7. The van der Waals surface area contributed by atoms with Gasteiger partial charge in [0.05, 0.1) is 15.2 Å². The molecule has 0 rings (SSSR count). The Hall–Kier alpha value is -0.530. The van der Waals surface area contributed by atoms with Crippen LogP contribution >= 0.6 is 0 Å². The summed E-state index contributed by atoms with van der Waals surface area (Å²) in [7, 11) is 0. The Balaban J connectivity index is 4.30. The minimum Gasteiger partial charge on any atom is -0.466 e. The molecule has 0 amide bonds. The van der Waals surface area contributed by atoms with Gasteiger partial charge in [-0.2, -0.15) is 0 Å². The Kier molecular flexibility index (Phi) is 17.6. The number of unbranched alkanes of at least 4 members (excludes halogenated alkanes) is 18. The lowest BCUT2D eigenvalue weighted by atomic mass is 9.94. The van der Waals surface area contributed by atoms with Gasteiger partial charge in [0.25, 0.3) is 0 Å². The SMILES string of the molecule is [2H]C([2H])([2H])C([2H])([2H])OC(=O)C(CCCCCCCCCCCC)CCCCCCCCCCCC. The molecule has 0 saturated heterocycles. The molecule has 0 unspecified atom stereocenters. The number of carbonyl (C=O) groups excluding carboxylic acids is 1. The van der Waals surface area contributed by atoms with Gasteiger partial charge in [0.2, 0.25) is 0 Å². The second-order valence-corrected chi connectivity index (χ2v) is 9.16. The van der Waals surface area contributed by atoms with Crippen LogP contribution in [0.3, 0.4) is 0 Å². The van der Waals surface area contributed by atoms with Crippen molar-refractivity contribution in [3.05, 3.63) is 0 Å². The molecule has 0 atom stereocenters. The Morgan fingerprint density at radius 2 is 0.967 bits per heavy atom. The fourth-order valence-corrected chi connectivity index (χ4v) is 4.27. The van der Waals surface area contributed by atoms with Crippen molar-refractivity contribution in [2.75, 3.05) is 6.56 Å². The highest BCUT2D eigenvalue weighted by Gasteiger charge is 2.18. The maximum Gasteiger partial charge on any atom is 0.308 e. The van der Waals surface area contributed by atoms with Crippen molar-refractivity contribution in [3.63, 3.8) is 0 Å². The van der Waals surface area contributed by atoms with Gasteiger partial charge in [-0.1, -0.05) is 142 Å². The standard InChI is InChI=1S/C28H56O2/c1-4-7-9-11-13-15-17-19-21-23-25-27(28(29)30-6-3)26-24-22-20-18-16-14-12-10-8-5-2/h27H,4-26H2,1-3H3/i3D3,6D2. The van der Waals surface area contributed by atoms with Crippen LogP contribution in [0.5, 0.6) is 0 Å². The second kappa shape index (κ2) is 24.7. The van der Waals surface area contributed by atoms with E-state index < -0.39 is 25.3 Å². The van der Waals surface area contributed by atoms with Gasteiger partial charge in [-0.25, -0.2) is 0 Å². The molecule has 2 nitrogen and oxygen atoms in total. The molecule has 30 heavy (non-hydrogen) atoms. The van der Waals surface area contributed by atoms with Crippen molar-refractivity contribution < 1.29 is 16.4 Å². The van der Waals surface area contributed by atoms with E-state index in [1.54, 1.807) is 0 Å². The Morgan fingerprint density at radius 1 is 0.633 bits per heavy atom. The fourth-order valence-electron chi connectivity index (χ4n) is 4.27. The number of esters is 1. The van der Waals surface area contributed by atoms with Crippen LogP contribution in [0.25, 0.3) is 0 Å². The van der Waals surface area contributed by atoms with Gasteiger partial charge in [-0.3, -0.25) is 4.79 Å². The molecule has 0 aliphatic heterocycles. The van der Waals surface area contributed by atoms with Gasteiger partial charge >= 0.3 is 5.97 Å². The van der Waals surface area contributed by atoms with Gasteiger partial charge in [0, 0.05) is 4.11 Å². The Bertz CT molecular complexity index is 470.